The molecule has 2 aliphatic rings. The minimum absolute atomic E-state index is 0.0604. The summed E-state index contributed by atoms with van der Waals surface area (Å²) < 4.78 is 13.0. The van der Waals surface area contributed by atoms with E-state index in [2.05, 4.69) is 10.2 Å². The molecule has 2 heterocycles. The minimum Gasteiger partial charge on any atom is -0.317 e. The highest BCUT2D eigenvalue weighted by atomic mass is 19.1. The fourth-order valence-electron chi connectivity index (χ4n) is 2.35. The van der Waals surface area contributed by atoms with Gasteiger partial charge < -0.3 is 5.32 Å². The molecular weight excluding hydrogens is 179 g/mol. The Morgan fingerprint density at radius 1 is 1.43 bits per heavy atom. The summed E-state index contributed by atoms with van der Waals surface area (Å²) in [6, 6.07) is 0. The van der Waals surface area contributed by atoms with Gasteiger partial charge in [0.05, 0.1) is 0 Å². The van der Waals surface area contributed by atoms with Crippen LogP contribution in [-0.2, 0) is 0 Å². The minimum atomic E-state index is 0.0604. The first kappa shape index (κ1) is 10.1. The van der Waals surface area contributed by atoms with Crippen LogP contribution in [-0.4, -0.2) is 37.6 Å². The Labute approximate surface area is 85.2 Å². The highest BCUT2D eigenvalue weighted by Crippen LogP contribution is 2.17. The molecule has 0 spiro atoms. The average Bonchev–Trinajstić information content (AvgIpc) is 2.19. The summed E-state index contributed by atoms with van der Waals surface area (Å²) in [5, 5.41) is 3.36. The largest absolute Gasteiger partial charge is 0.317 e. The molecule has 0 aromatic carbocycles. The molecule has 0 unspecified atom stereocenters. The highest BCUT2D eigenvalue weighted by molar-refractivity contribution is 4.99. The van der Waals surface area contributed by atoms with Crippen molar-refractivity contribution in [2.24, 2.45) is 5.92 Å². The second-order valence-electron chi connectivity index (χ2n) is 4.37. The van der Waals surface area contributed by atoms with Crippen LogP contribution < -0.4 is 5.32 Å². The highest BCUT2D eigenvalue weighted by Gasteiger charge is 2.19. The quantitative estimate of drug-likeness (QED) is 0.724. The predicted octanol–water partition coefficient (Wildman–Crippen LogP) is 1.55. The summed E-state index contributed by atoms with van der Waals surface area (Å²) >= 11 is 0. The lowest BCUT2D eigenvalue weighted by Crippen LogP contribution is -2.38. The molecule has 0 amide bonds. The number of halogens is 1. The first-order valence-electron chi connectivity index (χ1n) is 5.62. The van der Waals surface area contributed by atoms with E-state index in [-0.39, 0.29) is 5.83 Å². The van der Waals surface area contributed by atoms with Crippen LogP contribution in [0.1, 0.15) is 19.3 Å². The number of nitrogens with one attached hydrogen (secondary N) is 1. The van der Waals surface area contributed by atoms with Crippen molar-refractivity contribution in [1.29, 1.82) is 0 Å². The maximum Gasteiger partial charge on any atom is 0.110 e. The second-order valence-corrected chi connectivity index (χ2v) is 4.37. The molecule has 0 saturated carbocycles. The van der Waals surface area contributed by atoms with Crippen LogP contribution in [0, 0.1) is 5.92 Å². The van der Waals surface area contributed by atoms with Gasteiger partial charge in [0.1, 0.15) is 5.83 Å². The van der Waals surface area contributed by atoms with E-state index in [4.69, 9.17) is 0 Å². The SMILES string of the molecule is FC1=CCCN(CC2CCNCC2)C1. The van der Waals surface area contributed by atoms with E-state index < -0.39 is 0 Å². The summed E-state index contributed by atoms with van der Waals surface area (Å²) in [6.07, 6.45) is 5.11. The molecule has 14 heavy (non-hydrogen) atoms. The number of hydrogen-bond acceptors (Lipinski definition) is 2. The molecule has 1 fully saturated rings. The van der Waals surface area contributed by atoms with Crippen molar-refractivity contribution in [2.75, 3.05) is 32.7 Å². The monoisotopic (exact) mass is 198 g/mol. The molecule has 0 aromatic heterocycles. The fraction of sp³-hybridized carbons (Fsp3) is 0.818. The lowest BCUT2D eigenvalue weighted by atomic mass is 9.97. The summed E-state index contributed by atoms with van der Waals surface area (Å²) in [5.41, 5.74) is 0. The summed E-state index contributed by atoms with van der Waals surface area (Å²) in [5.74, 6) is 0.840. The molecule has 2 aliphatic heterocycles. The zero-order chi connectivity index (χ0) is 9.80. The van der Waals surface area contributed by atoms with Gasteiger partial charge in [-0.15, -0.1) is 0 Å². The fourth-order valence-corrected chi connectivity index (χ4v) is 2.35. The predicted molar refractivity (Wildman–Crippen MR) is 55.8 cm³/mol. The Hall–Kier alpha value is -0.410. The third kappa shape index (κ3) is 2.79. The Morgan fingerprint density at radius 3 is 2.93 bits per heavy atom. The Balaban J connectivity index is 1.76. The van der Waals surface area contributed by atoms with Crippen molar-refractivity contribution in [3.05, 3.63) is 11.9 Å². The zero-order valence-electron chi connectivity index (χ0n) is 8.64. The van der Waals surface area contributed by atoms with E-state index >= 15 is 0 Å². The van der Waals surface area contributed by atoms with E-state index in [1.54, 1.807) is 6.08 Å². The van der Waals surface area contributed by atoms with Crippen LogP contribution in [0.15, 0.2) is 11.9 Å². The van der Waals surface area contributed by atoms with Crippen LogP contribution in [0.25, 0.3) is 0 Å². The Morgan fingerprint density at radius 2 is 2.21 bits per heavy atom. The normalized spacial score (nSPS) is 26.2. The van der Waals surface area contributed by atoms with Gasteiger partial charge in [-0.3, -0.25) is 4.90 Å². The Bertz CT molecular complexity index is 209. The maximum absolute atomic E-state index is 13.0. The number of rotatable bonds is 2. The van der Waals surface area contributed by atoms with Gasteiger partial charge in [-0.2, -0.15) is 0 Å². The van der Waals surface area contributed by atoms with Crippen LogP contribution in [0.3, 0.4) is 0 Å². The van der Waals surface area contributed by atoms with Gasteiger partial charge in [-0.05, 0) is 38.3 Å². The number of hydrogen-bond donors (Lipinski definition) is 1. The van der Waals surface area contributed by atoms with Crippen molar-refractivity contribution >= 4 is 0 Å². The van der Waals surface area contributed by atoms with Gasteiger partial charge >= 0.3 is 0 Å². The van der Waals surface area contributed by atoms with Crippen molar-refractivity contribution in [3.63, 3.8) is 0 Å². The standard InChI is InChI=1S/C11H19FN2/c12-11-2-1-7-14(9-11)8-10-3-5-13-6-4-10/h2,10,13H,1,3-9H2. The van der Waals surface area contributed by atoms with Crippen molar-refractivity contribution in [3.8, 4) is 0 Å². The van der Waals surface area contributed by atoms with Crippen molar-refractivity contribution in [1.82, 2.24) is 10.2 Å². The smallest absolute Gasteiger partial charge is 0.110 e. The van der Waals surface area contributed by atoms with E-state index in [0.29, 0.717) is 6.54 Å². The van der Waals surface area contributed by atoms with E-state index in [1.165, 1.54) is 12.8 Å². The summed E-state index contributed by atoms with van der Waals surface area (Å²) in [6.45, 7) is 4.94. The van der Waals surface area contributed by atoms with E-state index in [0.717, 1.165) is 38.5 Å². The topological polar surface area (TPSA) is 15.3 Å². The molecule has 0 bridgehead atoms. The van der Waals surface area contributed by atoms with E-state index in [9.17, 15) is 4.39 Å². The number of piperidine rings is 1. The molecule has 0 aromatic rings. The van der Waals surface area contributed by atoms with Gasteiger partial charge in [0, 0.05) is 19.6 Å². The molecule has 1 N–H and O–H groups in total. The van der Waals surface area contributed by atoms with E-state index in [1.807, 2.05) is 0 Å². The van der Waals surface area contributed by atoms with Crippen LogP contribution in [0.2, 0.25) is 0 Å². The molecular formula is C11H19FN2. The van der Waals surface area contributed by atoms with Gasteiger partial charge in [0.15, 0.2) is 0 Å². The van der Waals surface area contributed by atoms with Crippen LogP contribution in [0.4, 0.5) is 4.39 Å². The summed E-state index contributed by atoms with van der Waals surface area (Å²) in [7, 11) is 0. The maximum atomic E-state index is 13.0. The van der Waals surface area contributed by atoms with Gasteiger partial charge in [-0.25, -0.2) is 4.39 Å². The van der Waals surface area contributed by atoms with Gasteiger partial charge in [0.25, 0.3) is 0 Å². The molecule has 80 valence electrons. The molecule has 0 aliphatic carbocycles. The first-order chi connectivity index (χ1) is 6.84. The molecule has 0 atom stereocenters. The molecule has 3 heteroatoms. The zero-order valence-corrected chi connectivity index (χ0v) is 8.64. The average molecular weight is 198 g/mol. The molecule has 1 saturated heterocycles. The first-order valence-corrected chi connectivity index (χ1v) is 5.62. The van der Waals surface area contributed by atoms with Gasteiger partial charge in [0.2, 0.25) is 0 Å². The Kier molecular flexibility index (Phi) is 3.54. The van der Waals surface area contributed by atoms with Gasteiger partial charge in [-0.1, -0.05) is 6.08 Å². The molecule has 0 radical (unpaired) electrons. The van der Waals surface area contributed by atoms with Crippen molar-refractivity contribution in [2.45, 2.75) is 19.3 Å². The lowest BCUT2D eigenvalue weighted by Gasteiger charge is -2.31. The second kappa shape index (κ2) is 4.89. The van der Waals surface area contributed by atoms with Crippen LogP contribution in [0.5, 0.6) is 0 Å². The van der Waals surface area contributed by atoms with Crippen molar-refractivity contribution < 1.29 is 4.39 Å². The molecule has 2 nitrogen and oxygen atoms in total. The van der Waals surface area contributed by atoms with Crippen LogP contribution >= 0.6 is 0 Å². The third-order valence-electron chi connectivity index (χ3n) is 3.16. The number of nitrogens with zero attached hydrogens (tertiary/aromatic N) is 1. The lowest BCUT2D eigenvalue weighted by molar-refractivity contribution is 0.203. The third-order valence-corrected chi connectivity index (χ3v) is 3.16. The summed E-state index contributed by atoms with van der Waals surface area (Å²) in [4.78, 5) is 2.26. The molecule has 2 rings (SSSR count).